The maximum atomic E-state index is 13.9. The van der Waals surface area contributed by atoms with Crippen molar-refractivity contribution in [1.82, 2.24) is 4.57 Å². The Morgan fingerprint density at radius 1 is 1.13 bits per heavy atom. The van der Waals surface area contributed by atoms with Gasteiger partial charge in [-0.2, -0.15) is 0 Å². The van der Waals surface area contributed by atoms with E-state index in [2.05, 4.69) is 9.89 Å². The van der Waals surface area contributed by atoms with E-state index < -0.39 is 12.0 Å². The smallest absolute Gasteiger partial charge is 0.338 e. The zero-order valence-electron chi connectivity index (χ0n) is 22.7. The Balaban J connectivity index is 1.63. The van der Waals surface area contributed by atoms with Gasteiger partial charge in [0.1, 0.15) is 5.76 Å². The number of furan rings is 1. The molecule has 0 amide bonds. The first kappa shape index (κ1) is 26.8. The summed E-state index contributed by atoms with van der Waals surface area (Å²) in [6.45, 7) is 7.98. The number of allylic oxidation sites excluding steroid dienone is 1. The van der Waals surface area contributed by atoms with Gasteiger partial charge in [-0.25, -0.2) is 9.79 Å². The van der Waals surface area contributed by atoms with Gasteiger partial charge in [-0.15, -0.1) is 0 Å². The molecule has 1 unspecified atom stereocenters. The molecule has 1 aromatic carbocycles. The molecular weight excluding hydrogens is 518 g/mol. The molecule has 0 spiro atoms. The van der Waals surface area contributed by atoms with E-state index in [9.17, 15) is 9.59 Å². The van der Waals surface area contributed by atoms with Gasteiger partial charge in [0.15, 0.2) is 22.2 Å². The lowest BCUT2D eigenvalue weighted by molar-refractivity contribution is -0.139. The zero-order chi connectivity index (χ0) is 27.5. The fourth-order valence-electron chi connectivity index (χ4n) is 5.07. The predicted molar refractivity (Wildman–Crippen MR) is 149 cm³/mol. The number of nitrogens with zero attached hydrogens (tertiary/aromatic N) is 3. The summed E-state index contributed by atoms with van der Waals surface area (Å²) in [7, 11) is 1.57. The van der Waals surface area contributed by atoms with Gasteiger partial charge in [-0.1, -0.05) is 17.4 Å². The van der Waals surface area contributed by atoms with Gasteiger partial charge in [0.25, 0.3) is 5.56 Å². The highest BCUT2D eigenvalue weighted by molar-refractivity contribution is 7.07. The van der Waals surface area contributed by atoms with Crippen LogP contribution in [0.2, 0.25) is 0 Å². The summed E-state index contributed by atoms with van der Waals surface area (Å²) in [6, 6.07) is 8.50. The molecule has 3 aromatic rings. The Kier molecular flexibility index (Phi) is 7.92. The number of esters is 1. The molecule has 39 heavy (non-hydrogen) atoms. The lowest BCUT2D eigenvalue weighted by Gasteiger charge is -2.25. The number of carbonyl (C=O) groups excluding carboxylic acids is 1. The monoisotopic (exact) mass is 551 g/mol. The van der Waals surface area contributed by atoms with E-state index in [1.165, 1.54) is 17.8 Å². The summed E-state index contributed by atoms with van der Waals surface area (Å²) in [5.41, 5.74) is 1.25. The number of hydrogen-bond donors (Lipinski definition) is 0. The standard InChI is InChI=1S/C29H33N3O6S/c1-5-36-22-16-19(10-12-21(22)35-4)26-25(28(34)37-6-2)18(3)30-29-32(26)27(33)23(39-29)17-20-11-13-24(38-20)31-14-8-7-9-15-31/h10-13,16-17,26H,5-9,14-15H2,1-4H3/b23-17+. The van der Waals surface area contributed by atoms with Crippen LogP contribution in [-0.4, -0.2) is 43.9 Å². The molecule has 206 valence electrons. The first-order chi connectivity index (χ1) is 18.9. The summed E-state index contributed by atoms with van der Waals surface area (Å²) in [4.78, 5) is 34.4. The van der Waals surface area contributed by atoms with E-state index in [0.717, 1.165) is 31.8 Å². The molecule has 1 saturated heterocycles. The summed E-state index contributed by atoms with van der Waals surface area (Å²) in [5, 5.41) is 0. The Morgan fingerprint density at radius 3 is 2.64 bits per heavy atom. The normalized spacial score (nSPS) is 17.6. The Morgan fingerprint density at radius 2 is 1.92 bits per heavy atom. The molecule has 1 fully saturated rings. The quantitative estimate of drug-likeness (QED) is 0.393. The van der Waals surface area contributed by atoms with Crippen LogP contribution in [0, 0.1) is 0 Å². The van der Waals surface area contributed by atoms with E-state index in [-0.39, 0.29) is 12.2 Å². The molecular formula is C29H33N3O6S. The number of anilines is 1. The van der Waals surface area contributed by atoms with E-state index in [1.54, 1.807) is 43.7 Å². The second-order valence-corrected chi connectivity index (χ2v) is 10.4. The van der Waals surface area contributed by atoms with Gasteiger partial charge < -0.3 is 23.5 Å². The molecule has 0 saturated carbocycles. The maximum Gasteiger partial charge on any atom is 0.338 e. The fraction of sp³-hybridized carbons (Fsp3) is 0.414. The topological polar surface area (TPSA) is 95.5 Å². The van der Waals surface area contributed by atoms with Crippen molar-refractivity contribution in [3.8, 4) is 11.5 Å². The fourth-order valence-corrected chi connectivity index (χ4v) is 6.10. The van der Waals surface area contributed by atoms with Crippen molar-refractivity contribution in [2.45, 2.75) is 46.1 Å². The van der Waals surface area contributed by atoms with Crippen molar-refractivity contribution >= 4 is 29.3 Å². The first-order valence-electron chi connectivity index (χ1n) is 13.3. The van der Waals surface area contributed by atoms with Crippen molar-refractivity contribution in [2.24, 2.45) is 4.99 Å². The van der Waals surface area contributed by atoms with Gasteiger partial charge in [0, 0.05) is 25.2 Å². The number of hydrogen-bond acceptors (Lipinski definition) is 9. The summed E-state index contributed by atoms with van der Waals surface area (Å²) >= 11 is 1.27. The van der Waals surface area contributed by atoms with Gasteiger partial charge in [0.05, 0.1) is 42.2 Å². The number of benzene rings is 1. The van der Waals surface area contributed by atoms with Gasteiger partial charge >= 0.3 is 5.97 Å². The molecule has 2 aliphatic heterocycles. The second kappa shape index (κ2) is 11.5. The van der Waals surface area contributed by atoms with Crippen molar-refractivity contribution < 1.29 is 23.4 Å². The molecule has 2 aliphatic rings. The maximum absolute atomic E-state index is 13.9. The summed E-state index contributed by atoms with van der Waals surface area (Å²) in [5.74, 6) is 1.99. The number of carbonyl (C=O) groups is 1. The SMILES string of the molecule is CCOC(=O)C1=C(C)N=c2s/c(=C/c3ccc(N4CCCCC4)o3)c(=O)n2C1c1ccc(OC)c(OCC)c1. The van der Waals surface area contributed by atoms with Crippen molar-refractivity contribution in [1.29, 1.82) is 0 Å². The number of rotatable bonds is 8. The summed E-state index contributed by atoms with van der Waals surface area (Å²) in [6.07, 6.45) is 5.28. The lowest BCUT2D eigenvalue weighted by atomic mass is 9.95. The van der Waals surface area contributed by atoms with Crippen LogP contribution in [0.25, 0.3) is 6.08 Å². The molecule has 9 nitrogen and oxygen atoms in total. The highest BCUT2D eigenvalue weighted by Gasteiger charge is 2.34. The largest absolute Gasteiger partial charge is 0.493 e. The molecule has 0 radical (unpaired) electrons. The highest BCUT2D eigenvalue weighted by atomic mass is 32.1. The van der Waals surface area contributed by atoms with Gasteiger partial charge in [-0.05, 0) is 63.8 Å². The average Bonchev–Trinajstić information content (AvgIpc) is 3.53. The van der Waals surface area contributed by atoms with Crippen LogP contribution in [0.15, 0.2) is 55.8 Å². The number of fused-ring (bicyclic) bond motifs is 1. The number of thiazole rings is 1. The molecule has 0 N–H and O–H groups in total. The van der Waals surface area contributed by atoms with Crippen molar-refractivity contribution in [2.75, 3.05) is 38.3 Å². The van der Waals surface area contributed by atoms with Crippen LogP contribution in [0.4, 0.5) is 5.88 Å². The Hall–Kier alpha value is -3.79. The predicted octanol–water partition coefficient (Wildman–Crippen LogP) is 3.79. The molecule has 1 atom stereocenters. The first-order valence-corrected chi connectivity index (χ1v) is 14.1. The zero-order valence-corrected chi connectivity index (χ0v) is 23.5. The highest BCUT2D eigenvalue weighted by Crippen LogP contribution is 2.36. The van der Waals surface area contributed by atoms with Crippen LogP contribution < -0.4 is 29.3 Å². The molecule has 4 heterocycles. The third kappa shape index (κ3) is 5.25. The van der Waals surface area contributed by atoms with Crippen LogP contribution >= 0.6 is 11.3 Å². The summed E-state index contributed by atoms with van der Waals surface area (Å²) < 4.78 is 24.8. The molecule has 5 rings (SSSR count). The molecule has 10 heteroatoms. The van der Waals surface area contributed by atoms with E-state index >= 15 is 0 Å². The molecule has 0 bridgehead atoms. The lowest BCUT2D eigenvalue weighted by Crippen LogP contribution is -2.40. The Labute approximate surface area is 230 Å². The van der Waals surface area contributed by atoms with Gasteiger partial charge in [-0.3, -0.25) is 9.36 Å². The number of ether oxygens (including phenoxy) is 3. The molecule has 2 aromatic heterocycles. The number of aromatic nitrogens is 1. The van der Waals surface area contributed by atoms with Gasteiger partial charge in [0.2, 0.25) is 0 Å². The second-order valence-electron chi connectivity index (χ2n) is 9.37. The van der Waals surface area contributed by atoms with E-state index in [1.807, 2.05) is 25.1 Å². The molecule has 0 aliphatic carbocycles. The Bertz CT molecular complexity index is 1570. The van der Waals surface area contributed by atoms with E-state index in [4.69, 9.17) is 18.6 Å². The third-order valence-electron chi connectivity index (χ3n) is 6.87. The average molecular weight is 552 g/mol. The van der Waals surface area contributed by atoms with Crippen LogP contribution in [-0.2, 0) is 9.53 Å². The third-order valence-corrected chi connectivity index (χ3v) is 7.86. The number of piperidine rings is 1. The van der Waals surface area contributed by atoms with Crippen molar-refractivity contribution in [3.05, 3.63) is 72.6 Å². The van der Waals surface area contributed by atoms with Crippen LogP contribution in [0.1, 0.15) is 57.4 Å². The van der Waals surface area contributed by atoms with Crippen LogP contribution in [0.5, 0.6) is 11.5 Å². The van der Waals surface area contributed by atoms with Crippen molar-refractivity contribution in [3.63, 3.8) is 0 Å². The minimum absolute atomic E-state index is 0.206. The number of methoxy groups -OCH3 is 1. The van der Waals surface area contributed by atoms with E-state index in [0.29, 0.717) is 50.0 Å². The minimum Gasteiger partial charge on any atom is -0.493 e. The minimum atomic E-state index is -0.743. The van der Waals surface area contributed by atoms with Crippen LogP contribution in [0.3, 0.4) is 0 Å².